The molecule has 2 rings (SSSR count). The lowest BCUT2D eigenvalue weighted by Gasteiger charge is -2.04. The summed E-state index contributed by atoms with van der Waals surface area (Å²) in [5, 5.41) is 12.8. The standard InChI is InChI=1S/C11H17N3O2S/c1-14-9(7-15)6-12-11(14)17-5-4-10(16)13-8-2-3-8/h6,8,15H,2-5,7H2,1H3,(H,13,16). The molecule has 0 aromatic carbocycles. The number of carbonyl (C=O) groups excluding carboxylic acids is 1. The molecular weight excluding hydrogens is 238 g/mol. The number of nitrogens with zero attached hydrogens (tertiary/aromatic N) is 2. The summed E-state index contributed by atoms with van der Waals surface area (Å²) in [5.74, 6) is 0.838. The second kappa shape index (κ2) is 5.55. The number of carbonyl (C=O) groups is 1. The molecule has 1 aromatic rings. The van der Waals surface area contributed by atoms with E-state index >= 15 is 0 Å². The van der Waals surface area contributed by atoms with Crippen LogP contribution in [0.15, 0.2) is 11.4 Å². The van der Waals surface area contributed by atoms with Crippen molar-refractivity contribution in [3.8, 4) is 0 Å². The summed E-state index contributed by atoms with van der Waals surface area (Å²) in [7, 11) is 1.87. The highest BCUT2D eigenvalue weighted by Gasteiger charge is 2.22. The number of thioether (sulfide) groups is 1. The Balaban J connectivity index is 1.73. The maximum atomic E-state index is 11.4. The zero-order chi connectivity index (χ0) is 12.3. The number of hydrogen-bond acceptors (Lipinski definition) is 4. The Morgan fingerprint density at radius 1 is 1.71 bits per heavy atom. The van der Waals surface area contributed by atoms with Crippen LogP contribution in [0.3, 0.4) is 0 Å². The van der Waals surface area contributed by atoms with Gasteiger partial charge in [0.15, 0.2) is 5.16 Å². The Morgan fingerprint density at radius 2 is 2.47 bits per heavy atom. The third kappa shape index (κ3) is 3.47. The predicted octanol–water partition coefficient (Wildman–Crippen LogP) is 0.673. The average Bonchev–Trinajstić information content (AvgIpc) is 3.04. The normalized spacial score (nSPS) is 14.9. The van der Waals surface area contributed by atoms with E-state index in [1.165, 1.54) is 11.8 Å². The van der Waals surface area contributed by atoms with Crippen molar-refractivity contribution < 1.29 is 9.90 Å². The summed E-state index contributed by atoms with van der Waals surface area (Å²) >= 11 is 1.54. The van der Waals surface area contributed by atoms with Crippen LogP contribution in [0.1, 0.15) is 25.0 Å². The number of aliphatic hydroxyl groups is 1. The largest absolute Gasteiger partial charge is 0.390 e. The van der Waals surface area contributed by atoms with E-state index in [-0.39, 0.29) is 12.5 Å². The first kappa shape index (κ1) is 12.4. The summed E-state index contributed by atoms with van der Waals surface area (Å²) in [5.41, 5.74) is 0.787. The van der Waals surface area contributed by atoms with Crippen molar-refractivity contribution in [3.63, 3.8) is 0 Å². The fraction of sp³-hybridized carbons (Fsp3) is 0.636. The summed E-state index contributed by atoms with van der Waals surface area (Å²) in [6.45, 7) is -0.00771. The molecule has 0 aliphatic heterocycles. The van der Waals surface area contributed by atoms with Crippen molar-refractivity contribution in [2.24, 2.45) is 7.05 Å². The van der Waals surface area contributed by atoms with Gasteiger partial charge in [-0.25, -0.2) is 4.98 Å². The second-order valence-electron chi connectivity index (χ2n) is 4.19. The van der Waals surface area contributed by atoms with E-state index in [1.807, 2.05) is 11.6 Å². The van der Waals surface area contributed by atoms with E-state index in [9.17, 15) is 4.79 Å². The smallest absolute Gasteiger partial charge is 0.221 e. The highest BCUT2D eigenvalue weighted by atomic mass is 32.2. The molecule has 1 saturated carbocycles. The van der Waals surface area contributed by atoms with Crippen LogP contribution in [-0.4, -0.2) is 32.4 Å². The zero-order valence-electron chi connectivity index (χ0n) is 9.85. The molecule has 0 bridgehead atoms. The van der Waals surface area contributed by atoms with Gasteiger partial charge >= 0.3 is 0 Å². The molecule has 1 aliphatic rings. The van der Waals surface area contributed by atoms with Gasteiger partial charge in [-0.3, -0.25) is 4.79 Å². The average molecular weight is 255 g/mol. The van der Waals surface area contributed by atoms with Crippen LogP contribution >= 0.6 is 11.8 Å². The minimum Gasteiger partial charge on any atom is -0.390 e. The molecule has 1 aromatic heterocycles. The van der Waals surface area contributed by atoms with Crippen molar-refractivity contribution in [2.45, 2.75) is 37.1 Å². The van der Waals surface area contributed by atoms with Crippen LogP contribution in [-0.2, 0) is 18.4 Å². The number of nitrogens with one attached hydrogen (secondary N) is 1. The Morgan fingerprint density at radius 3 is 3.06 bits per heavy atom. The van der Waals surface area contributed by atoms with Gasteiger partial charge in [-0.05, 0) is 12.8 Å². The van der Waals surface area contributed by atoms with E-state index in [0.29, 0.717) is 18.2 Å². The lowest BCUT2D eigenvalue weighted by atomic mass is 10.4. The van der Waals surface area contributed by atoms with E-state index in [2.05, 4.69) is 10.3 Å². The molecule has 0 unspecified atom stereocenters. The molecule has 17 heavy (non-hydrogen) atoms. The molecule has 6 heteroatoms. The fourth-order valence-electron chi connectivity index (χ4n) is 1.47. The molecule has 5 nitrogen and oxygen atoms in total. The Labute approximate surface area is 105 Å². The third-order valence-corrected chi connectivity index (χ3v) is 3.75. The van der Waals surface area contributed by atoms with Gasteiger partial charge < -0.3 is 15.0 Å². The first-order chi connectivity index (χ1) is 8.20. The fourth-order valence-corrected chi connectivity index (χ4v) is 2.38. The van der Waals surface area contributed by atoms with Crippen LogP contribution in [0.25, 0.3) is 0 Å². The summed E-state index contributed by atoms with van der Waals surface area (Å²) < 4.78 is 1.85. The maximum absolute atomic E-state index is 11.4. The van der Waals surface area contributed by atoms with Gasteiger partial charge in [-0.1, -0.05) is 11.8 Å². The zero-order valence-corrected chi connectivity index (χ0v) is 10.7. The van der Waals surface area contributed by atoms with Crippen molar-refractivity contribution in [1.29, 1.82) is 0 Å². The third-order valence-electron chi connectivity index (χ3n) is 2.71. The molecule has 0 radical (unpaired) electrons. The van der Waals surface area contributed by atoms with Gasteiger partial charge in [0, 0.05) is 25.3 Å². The number of hydrogen-bond donors (Lipinski definition) is 2. The van der Waals surface area contributed by atoms with Gasteiger partial charge in [0.25, 0.3) is 0 Å². The number of aliphatic hydroxyl groups excluding tert-OH is 1. The first-order valence-electron chi connectivity index (χ1n) is 5.74. The lowest BCUT2D eigenvalue weighted by molar-refractivity contribution is -0.120. The summed E-state index contributed by atoms with van der Waals surface area (Å²) in [6, 6.07) is 0.432. The molecule has 1 aliphatic carbocycles. The molecule has 0 saturated heterocycles. The minimum atomic E-state index is -0.00771. The van der Waals surface area contributed by atoms with Crippen LogP contribution in [0.4, 0.5) is 0 Å². The monoisotopic (exact) mass is 255 g/mol. The number of rotatable bonds is 6. The molecule has 2 N–H and O–H groups in total. The number of imidazole rings is 1. The molecule has 1 amide bonds. The van der Waals surface area contributed by atoms with Gasteiger partial charge in [0.1, 0.15) is 0 Å². The van der Waals surface area contributed by atoms with E-state index < -0.39 is 0 Å². The topological polar surface area (TPSA) is 67.1 Å². The van der Waals surface area contributed by atoms with Crippen molar-refractivity contribution in [3.05, 3.63) is 11.9 Å². The van der Waals surface area contributed by atoms with Crippen molar-refractivity contribution in [1.82, 2.24) is 14.9 Å². The molecule has 1 fully saturated rings. The molecular formula is C11H17N3O2S. The quantitative estimate of drug-likeness (QED) is 0.733. The lowest BCUT2D eigenvalue weighted by Crippen LogP contribution is -2.25. The predicted molar refractivity (Wildman–Crippen MR) is 65.6 cm³/mol. The van der Waals surface area contributed by atoms with Crippen molar-refractivity contribution in [2.75, 3.05) is 5.75 Å². The summed E-state index contributed by atoms with van der Waals surface area (Å²) in [6.07, 6.45) is 4.42. The van der Waals surface area contributed by atoms with Gasteiger partial charge in [0.2, 0.25) is 5.91 Å². The van der Waals surface area contributed by atoms with E-state index in [0.717, 1.165) is 23.7 Å². The number of amides is 1. The molecule has 0 atom stereocenters. The van der Waals surface area contributed by atoms with Crippen LogP contribution < -0.4 is 5.32 Å². The number of aromatic nitrogens is 2. The Bertz CT molecular complexity index is 401. The van der Waals surface area contributed by atoms with E-state index in [1.54, 1.807) is 6.20 Å². The minimum absolute atomic E-state index is 0.00771. The summed E-state index contributed by atoms with van der Waals surface area (Å²) in [4.78, 5) is 15.6. The van der Waals surface area contributed by atoms with Crippen LogP contribution in [0.2, 0.25) is 0 Å². The maximum Gasteiger partial charge on any atom is 0.221 e. The SMILES string of the molecule is Cn1c(CO)cnc1SCCC(=O)NC1CC1. The van der Waals surface area contributed by atoms with Crippen LogP contribution in [0.5, 0.6) is 0 Å². The highest BCUT2D eigenvalue weighted by molar-refractivity contribution is 7.99. The van der Waals surface area contributed by atoms with E-state index in [4.69, 9.17) is 5.11 Å². The Kier molecular flexibility index (Phi) is 4.06. The van der Waals surface area contributed by atoms with Crippen molar-refractivity contribution >= 4 is 17.7 Å². The molecule has 1 heterocycles. The molecule has 94 valence electrons. The van der Waals surface area contributed by atoms with Gasteiger partial charge in [-0.2, -0.15) is 0 Å². The van der Waals surface area contributed by atoms with Crippen LogP contribution in [0, 0.1) is 0 Å². The first-order valence-corrected chi connectivity index (χ1v) is 6.73. The van der Waals surface area contributed by atoms with Gasteiger partial charge in [0.05, 0.1) is 18.5 Å². The second-order valence-corrected chi connectivity index (χ2v) is 5.25. The highest BCUT2D eigenvalue weighted by Crippen LogP contribution is 2.20. The Hall–Kier alpha value is -1.01. The molecule has 0 spiro atoms. The van der Waals surface area contributed by atoms with Gasteiger partial charge in [-0.15, -0.1) is 0 Å².